The first-order valence-electron chi connectivity index (χ1n) is 24.6. The molecule has 0 saturated carbocycles. The van der Waals surface area contributed by atoms with Gasteiger partial charge >= 0.3 is 17.9 Å². The summed E-state index contributed by atoms with van der Waals surface area (Å²) in [5.74, 6) is -0.904. The van der Waals surface area contributed by atoms with Crippen LogP contribution in [-0.2, 0) is 28.6 Å². The fourth-order valence-corrected chi connectivity index (χ4v) is 6.86. The molecule has 0 aromatic carbocycles. The highest BCUT2D eigenvalue weighted by molar-refractivity contribution is 5.71. The van der Waals surface area contributed by atoms with Crippen LogP contribution in [0.5, 0.6) is 0 Å². The predicted molar refractivity (Wildman–Crippen MR) is 247 cm³/mol. The van der Waals surface area contributed by atoms with Crippen molar-refractivity contribution < 1.29 is 28.6 Å². The quantitative estimate of drug-likeness (QED) is 0.0264. The number of allylic oxidation sites excluding steroid dienone is 8. The van der Waals surface area contributed by atoms with E-state index in [4.69, 9.17) is 14.2 Å². The smallest absolute Gasteiger partial charge is 0.306 e. The van der Waals surface area contributed by atoms with Crippen LogP contribution in [0, 0.1) is 0 Å². The molecule has 0 rings (SSSR count). The normalized spacial score (nSPS) is 12.4. The van der Waals surface area contributed by atoms with Gasteiger partial charge in [-0.15, -0.1) is 0 Å². The van der Waals surface area contributed by atoms with E-state index in [1.54, 1.807) is 0 Å². The van der Waals surface area contributed by atoms with E-state index in [0.29, 0.717) is 19.3 Å². The highest BCUT2D eigenvalue weighted by Crippen LogP contribution is 2.14. The number of unbranched alkanes of at least 4 members (excludes halogenated alkanes) is 25. The van der Waals surface area contributed by atoms with Crippen LogP contribution in [0.15, 0.2) is 48.6 Å². The minimum Gasteiger partial charge on any atom is -0.462 e. The van der Waals surface area contributed by atoms with Crippen LogP contribution in [0.2, 0.25) is 0 Å². The molecule has 1 atom stereocenters. The Bertz CT molecular complexity index is 1030. The number of hydrogen-bond donors (Lipinski definition) is 0. The second kappa shape index (κ2) is 47.1. The second-order valence-corrected chi connectivity index (χ2v) is 16.3. The molecule has 0 bridgehead atoms. The van der Waals surface area contributed by atoms with E-state index < -0.39 is 6.10 Å². The number of carbonyl (C=O) groups excluding carboxylic acids is 3. The first-order chi connectivity index (χ1) is 28.5. The van der Waals surface area contributed by atoms with Gasteiger partial charge in [-0.25, -0.2) is 0 Å². The van der Waals surface area contributed by atoms with Crippen molar-refractivity contribution in [3.05, 3.63) is 48.6 Å². The zero-order chi connectivity index (χ0) is 42.3. The molecule has 6 heteroatoms. The summed E-state index contributed by atoms with van der Waals surface area (Å²) in [7, 11) is 0. The van der Waals surface area contributed by atoms with Crippen LogP contribution in [0.3, 0.4) is 0 Å². The summed E-state index contributed by atoms with van der Waals surface area (Å²) in [4.78, 5) is 37.8. The van der Waals surface area contributed by atoms with Gasteiger partial charge in [0, 0.05) is 19.3 Å². The van der Waals surface area contributed by atoms with Crippen LogP contribution < -0.4 is 0 Å². The summed E-state index contributed by atoms with van der Waals surface area (Å²) >= 11 is 0. The van der Waals surface area contributed by atoms with E-state index in [0.717, 1.165) is 109 Å². The molecule has 0 spiro atoms. The van der Waals surface area contributed by atoms with Crippen LogP contribution in [-0.4, -0.2) is 37.2 Å². The maximum absolute atomic E-state index is 12.8. The standard InChI is InChI=1S/C52H92O6/c1-4-7-10-13-16-19-22-24-26-28-30-33-36-39-42-45-51(54)57-48-49(47-56-50(53)44-41-38-35-32-21-18-15-12-9-6-3)58-52(55)46-43-40-37-34-31-29-27-25-23-20-17-14-11-8-5-2/h7,10,16,19,24-27,49H,4-6,8-9,11-15,17-18,20-23,28-48H2,1-3H3/b10-7-,19-16-,26-24-,27-25-. The Hall–Kier alpha value is -2.63. The van der Waals surface area contributed by atoms with Gasteiger partial charge in [-0.05, 0) is 77.0 Å². The average Bonchev–Trinajstić information content (AvgIpc) is 3.22. The number of esters is 3. The van der Waals surface area contributed by atoms with E-state index in [9.17, 15) is 14.4 Å². The van der Waals surface area contributed by atoms with Gasteiger partial charge in [0.1, 0.15) is 13.2 Å². The molecule has 0 fully saturated rings. The van der Waals surface area contributed by atoms with Gasteiger partial charge in [0.25, 0.3) is 0 Å². The SMILES string of the molecule is CC/C=C\C/C=C\C/C=C\CCCCCCCC(=O)OCC(COC(=O)CCCCCCCCCCCC)OC(=O)CCCCCCC/C=C\CCCCCCCC. The Morgan fingerprint density at radius 3 is 1.07 bits per heavy atom. The Morgan fingerprint density at radius 1 is 0.362 bits per heavy atom. The zero-order valence-electron chi connectivity index (χ0n) is 38.3. The summed E-state index contributed by atoms with van der Waals surface area (Å²) < 4.78 is 16.7. The highest BCUT2D eigenvalue weighted by atomic mass is 16.6. The molecule has 58 heavy (non-hydrogen) atoms. The molecule has 0 radical (unpaired) electrons. The Balaban J connectivity index is 4.39. The number of rotatable bonds is 44. The average molecular weight is 813 g/mol. The van der Waals surface area contributed by atoms with Crippen molar-refractivity contribution in [1.82, 2.24) is 0 Å². The summed E-state index contributed by atoms with van der Waals surface area (Å²) in [6.45, 7) is 6.49. The van der Waals surface area contributed by atoms with Gasteiger partial charge in [-0.1, -0.05) is 198 Å². The van der Waals surface area contributed by atoms with Crippen molar-refractivity contribution >= 4 is 17.9 Å². The van der Waals surface area contributed by atoms with Gasteiger partial charge in [-0.3, -0.25) is 14.4 Å². The number of carbonyl (C=O) groups is 3. The molecule has 6 nitrogen and oxygen atoms in total. The third-order valence-electron chi connectivity index (χ3n) is 10.6. The summed E-state index contributed by atoms with van der Waals surface area (Å²) in [6, 6.07) is 0. The minimum atomic E-state index is -0.780. The Labute approximate surface area is 358 Å². The lowest BCUT2D eigenvalue weighted by atomic mass is 10.1. The topological polar surface area (TPSA) is 78.9 Å². The maximum Gasteiger partial charge on any atom is 0.306 e. The number of hydrogen-bond acceptors (Lipinski definition) is 6. The Kier molecular flexibility index (Phi) is 44.9. The molecule has 0 N–H and O–H groups in total. The molecular formula is C52H92O6. The third kappa shape index (κ3) is 44.5. The molecule has 0 heterocycles. The second-order valence-electron chi connectivity index (χ2n) is 16.3. The van der Waals surface area contributed by atoms with E-state index in [1.165, 1.54) is 96.3 Å². The largest absolute Gasteiger partial charge is 0.462 e. The van der Waals surface area contributed by atoms with E-state index in [1.807, 2.05) is 0 Å². The van der Waals surface area contributed by atoms with Gasteiger partial charge in [0.15, 0.2) is 6.10 Å². The van der Waals surface area contributed by atoms with Crippen LogP contribution >= 0.6 is 0 Å². The maximum atomic E-state index is 12.8. The van der Waals surface area contributed by atoms with Crippen molar-refractivity contribution in [2.24, 2.45) is 0 Å². The molecule has 0 aromatic rings. The predicted octanol–water partition coefficient (Wildman–Crippen LogP) is 15.9. The summed E-state index contributed by atoms with van der Waals surface area (Å²) in [5.41, 5.74) is 0. The van der Waals surface area contributed by atoms with Gasteiger partial charge < -0.3 is 14.2 Å². The summed E-state index contributed by atoms with van der Waals surface area (Å²) in [6.07, 6.45) is 55.2. The molecule has 0 saturated heterocycles. The lowest BCUT2D eigenvalue weighted by molar-refractivity contribution is -0.167. The molecule has 0 aliphatic heterocycles. The molecule has 0 aromatic heterocycles. The lowest BCUT2D eigenvalue weighted by Crippen LogP contribution is -2.30. The Morgan fingerprint density at radius 2 is 0.672 bits per heavy atom. The molecule has 0 aliphatic rings. The van der Waals surface area contributed by atoms with Crippen LogP contribution in [0.4, 0.5) is 0 Å². The minimum absolute atomic E-state index is 0.0803. The van der Waals surface area contributed by atoms with Crippen molar-refractivity contribution in [3.63, 3.8) is 0 Å². The fourth-order valence-electron chi connectivity index (χ4n) is 6.86. The fraction of sp³-hybridized carbons (Fsp3) is 0.788. The van der Waals surface area contributed by atoms with E-state index in [-0.39, 0.29) is 31.1 Å². The van der Waals surface area contributed by atoms with Gasteiger partial charge in [0.2, 0.25) is 0 Å². The summed E-state index contributed by atoms with van der Waals surface area (Å²) in [5, 5.41) is 0. The van der Waals surface area contributed by atoms with Crippen molar-refractivity contribution in [3.8, 4) is 0 Å². The lowest BCUT2D eigenvalue weighted by Gasteiger charge is -2.18. The molecular weight excluding hydrogens is 721 g/mol. The molecule has 0 aliphatic carbocycles. The monoisotopic (exact) mass is 813 g/mol. The van der Waals surface area contributed by atoms with Crippen LogP contribution in [0.25, 0.3) is 0 Å². The third-order valence-corrected chi connectivity index (χ3v) is 10.6. The van der Waals surface area contributed by atoms with E-state index in [2.05, 4.69) is 69.4 Å². The van der Waals surface area contributed by atoms with Crippen LogP contribution in [0.1, 0.15) is 245 Å². The molecule has 1 unspecified atom stereocenters. The molecule has 336 valence electrons. The van der Waals surface area contributed by atoms with E-state index >= 15 is 0 Å². The van der Waals surface area contributed by atoms with Gasteiger partial charge in [-0.2, -0.15) is 0 Å². The molecule has 0 amide bonds. The number of ether oxygens (including phenoxy) is 3. The first kappa shape index (κ1) is 55.4. The van der Waals surface area contributed by atoms with Gasteiger partial charge in [0.05, 0.1) is 0 Å². The van der Waals surface area contributed by atoms with Crippen molar-refractivity contribution in [2.75, 3.05) is 13.2 Å². The van der Waals surface area contributed by atoms with Crippen molar-refractivity contribution in [1.29, 1.82) is 0 Å². The highest BCUT2D eigenvalue weighted by Gasteiger charge is 2.19. The van der Waals surface area contributed by atoms with Crippen molar-refractivity contribution in [2.45, 2.75) is 252 Å². The first-order valence-corrected chi connectivity index (χ1v) is 24.6. The zero-order valence-corrected chi connectivity index (χ0v) is 38.3.